The Labute approximate surface area is 89.6 Å². The molecule has 1 rings (SSSR count). The van der Waals surface area contributed by atoms with E-state index in [9.17, 15) is 8.42 Å². The Balaban J connectivity index is 2.44. The van der Waals surface area contributed by atoms with E-state index in [4.69, 9.17) is 0 Å². The molecule has 1 unspecified atom stereocenters. The van der Waals surface area contributed by atoms with E-state index in [2.05, 4.69) is 15.5 Å². The van der Waals surface area contributed by atoms with E-state index in [0.717, 1.165) is 5.82 Å². The molecule has 1 N–H and O–H groups in total. The molecule has 15 heavy (non-hydrogen) atoms. The van der Waals surface area contributed by atoms with E-state index in [-0.39, 0.29) is 11.8 Å². The summed E-state index contributed by atoms with van der Waals surface area (Å²) in [4.78, 5) is 0. The molecule has 0 saturated heterocycles. The van der Waals surface area contributed by atoms with Gasteiger partial charge in [-0.3, -0.25) is 0 Å². The molecule has 0 spiro atoms. The van der Waals surface area contributed by atoms with Gasteiger partial charge in [0.05, 0.1) is 11.8 Å². The van der Waals surface area contributed by atoms with Crippen molar-refractivity contribution in [3.8, 4) is 0 Å². The van der Waals surface area contributed by atoms with Crippen LogP contribution in [-0.2, 0) is 16.9 Å². The Hall–Kier alpha value is -0.950. The highest BCUT2D eigenvalue weighted by Crippen LogP contribution is 2.06. The number of aryl methyl sites for hydroxylation is 1. The van der Waals surface area contributed by atoms with E-state index in [0.29, 0.717) is 6.54 Å². The Kier molecular flexibility index (Phi) is 3.81. The average Bonchev–Trinajstić information content (AvgIpc) is 2.48. The van der Waals surface area contributed by atoms with Gasteiger partial charge in [-0.15, -0.1) is 10.2 Å². The third kappa shape index (κ3) is 3.96. The van der Waals surface area contributed by atoms with Gasteiger partial charge in [-0.1, -0.05) is 0 Å². The number of rotatable bonds is 5. The lowest BCUT2D eigenvalue weighted by atomic mass is 10.3. The zero-order valence-corrected chi connectivity index (χ0v) is 9.95. The van der Waals surface area contributed by atoms with Crippen LogP contribution in [0.25, 0.3) is 0 Å². The predicted octanol–water partition coefficient (Wildman–Crippen LogP) is -0.490. The standard InChI is InChI=1S/C8H16N4O2S/c1-7(8-11-10-6-12(8)2)9-4-5-15(3,13)14/h6-7,9H,4-5H2,1-3H3. The van der Waals surface area contributed by atoms with Crippen LogP contribution in [0, 0.1) is 0 Å². The lowest BCUT2D eigenvalue weighted by molar-refractivity contribution is 0.540. The number of hydrogen-bond donors (Lipinski definition) is 1. The van der Waals surface area contributed by atoms with Crippen LogP contribution in [0.15, 0.2) is 6.33 Å². The van der Waals surface area contributed by atoms with Crippen LogP contribution >= 0.6 is 0 Å². The third-order valence-corrected chi connectivity index (χ3v) is 3.00. The summed E-state index contributed by atoms with van der Waals surface area (Å²) in [5, 5.41) is 10.8. The predicted molar refractivity (Wildman–Crippen MR) is 57.1 cm³/mol. The summed E-state index contributed by atoms with van der Waals surface area (Å²) in [6, 6.07) is -0.000694. The first-order valence-electron chi connectivity index (χ1n) is 4.65. The molecule has 0 radical (unpaired) electrons. The SMILES string of the molecule is CC(NCCS(C)(=O)=O)c1nncn1C. The number of nitrogens with one attached hydrogen (secondary N) is 1. The van der Waals surface area contributed by atoms with Crippen molar-refractivity contribution >= 4 is 9.84 Å². The number of aromatic nitrogens is 3. The molecule has 1 aromatic rings. The first-order chi connectivity index (χ1) is 6.90. The van der Waals surface area contributed by atoms with Crippen LogP contribution < -0.4 is 5.32 Å². The summed E-state index contributed by atoms with van der Waals surface area (Å²) in [5.74, 6) is 0.929. The van der Waals surface area contributed by atoms with Crippen molar-refractivity contribution in [2.45, 2.75) is 13.0 Å². The maximum absolute atomic E-state index is 10.9. The second-order valence-corrected chi connectivity index (χ2v) is 5.87. The Morgan fingerprint density at radius 1 is 1.60 bits per heavy atom. The van der Waals surface area contributed by atoms with Crippen LogP contribution in [0.1, 0.15) is 18.8 Å². The van der Waals surface area contributed by atoms with E-state index >= 15 is 0 Å². The van der Waals surface area contributed by atoms with Crippen molar-refractivity contribution in [3.05, 3.63) is 12.2 Å². The lowest BCUT2D eigenvalue weighted by Crippen LogP contribution is -2.26. The summed E-state index contributed by atoms with van der Waals surface area (Å²) in [6.07, 6.45) is 2.84. The molecule has 1 heterocycles. The fourth-order valence-corrected chi connectivity index (χ4v) is 1.72. The number of hydrogen-bond acceptors (Lipinski definition) is 5. The highest BCUT2D eigenvalue weighted by Gasteiger charge is 2.11. The molecule has 0 aliphatic carbocycles. The molecule has 7 heteroatoms. The van der Waals surface area contributed by atoms with Gasteiger partial charge in [0.1, 0.15) is 22.0 Å². The number of nitrogens with zero attached hydrogens (tertiary/aromatic N) is 3. The van der Waals surface area contributed by atoms with E-state index in [1.54, 1.807) is 10.9 Å². The summed E-state index contributed by atoms with van der Waals surface area (Å²) in [7, 11) is -1.05. The van der Waals surface area contributed by atoms with Gasteiger partial charge in [0.2, 0.25) is 0 Å². The first kappa shape index (κ1) is 12.1. The van der Waals surface area contributed by atoms with Crippen molar-refractivity contribution in [1.82, 2.24) is 20.1 Å². The van der Waals surface area contributed by atoms with Crippen molar-refractivity contribution < 1.29 is 8.42 Å². The molecular weight excluding hydrogens is 216 g/mol. The second-order valence-electron chi connectivity index (χ2n) is 3.61. The quantitative estimate of drug-likeness (QED) is 0.741. The van der Waals surface area contributed by atoms with Crippen LogP contribution in [0.4, 0.5) is 0 Å². The molecule has 0 aliphatic rings. The van der Waals surface area contributed by atoms with Crippen molar-refractivity contribution in [3.63, 3.8) is 0 Å². The Morgan fingerprint density at radius 2 is 2.27 bits per heavy atom. The van der Waals surface area contributed by atoms with Gasteiger partial charge in [-0.2, -0.15) is 0 Å². The van der Waals surface area contributed by atoms with Gasteiger partial charge < -0.3 is 9.88 Å². The molecule has 6 nitrogen and oxygen atoms in total. The average molecular weight is 232 g/mol. The molecule has 0 aromatic carbocycles. The lowest BCUT2D eigenvalue weighted by Gasteiger charge is -2.11. The minimum absolute atomic E-state index is 0.000694. The fourth-order valence-electron chi connectivity index (χ4n) is 1.24. The van der Waals surface area contributed by atoms with Crippen molar-refractivity contribution in [1.29, 1.82) is 0 Å². The topological polar surface area (TPSA) is 76.9 Å². The number of sulfone groups is 1. The highest BCUT2D eigenvalue weighted by atomic mass is 32.2. The van der Waals surface area contributed by atoms with Gasteiger partial charge in [0, 0.05) is 19.8 Å². The van der Waals surface area contributed by atoms with Crippen LogP contribution in [-0.4, -0.2) is 41.7 Å². The largest absolute Gasteiger partial charge is 0.319 e. The van der Waals surface area contributed by atoms with Gasteiger partial charge >= 0.3 is 0 Å². The van der Waals surface area contributed by atoms with Gasteiger partial charge in [0.15, 0.2) is 0 Å². The normalized spacial score (nSPS) is 14.1. The molecular formula is C8H16N4O2S. The molecule has 1 aromatic heterocycles. The van der Waals surface area contributed by atoms with E-state index in [1.165, 1.54) is 6.26 Å². The van der Waals surface area contributed by atoms with Crippen LogP contribution in [0.3, 0.4) is 0 Å². The zero-order valence-electron chi connectivity index (χ0n) is 9.14. The minimum Gasteiger partial charge on any atom is -0.319 e. The van der Waals surface area contributed by atoms with Crippen LogP contribution in [0.5, 0.6) is 0 Å². The zero-order chi connectivity index (χ0) is 11.5. The molecule has 1 atom stereocenters. The van der Waals surface area contributed by atoms with Gasteiger partial charge in [-0.05, 0) is 6.92 Å². The molecule has 86 valence electrons. The van der Waals surface area contributed by atoms with E-state index < -0.39 is 9.84 Å². The summed E-state index contributed by atoms with van der Waals surface area (Å²) in [6.45, 7) is 2.35. The Morgan fingerprint density at radius 3 is 2.73 bits per heavy atom. The molecule has 0 amide bonds. The monoisotopic (exact) mass is 232 g/mol. The maximum Gasteiger partial charge on any atom is 0.149 e. The molecule has 0 bridgehead atoms. The molecule has 0 saturated carbocycles. The van der Waals surface area contributed by atoms with Crippen LogP contribution in [0.2, 0.25) is 0 Å². The summed E-state index contributed by atoms with van der Waals surface area (Å²) >= 11 is 0. The molecule has 0 aliphatic heterocycles. The van der Waals surface area contributed by atoms with Gasteiger partial charge in [-0.25, -0.2) is 8.42 Å². The maximum atomic E-state index is 10.9. The third-order valence-electron chi connectivity index (χ3n) is 2.06. The summed E-state index contributed by atoms with van der Waals surface area (Å²) < 4.78 is 23.6. The molecule has 0 fully saturated rings. The smallest absolute Gasteiger partial charge is 0.149 e. The van der Waals surface area contributed by atoms with Crippen molar-refractivity contribution in [2.75, 3.05) is 18.6 Å². The van der Waals surface area contributed by atoms with E-state index in [1.807, 2.05) is 14.0 Å². The van der Waals surface area contributed by atoms with Gasteiger partial charge in [0.25, 0.3) is 0 Å². The summed E-state index contributed by atoms with van der Waals surface area (Å²) in [5.41, 5.74) is 0. The first-order valence-corrected chi connectivity index (χ1v) is 6.71. The fraction of sp³-hybridized carbons (Fsp3) is 0.750. The Bertz CT molecular complexity index is 412. The minimum atomic E-state index is -2.90. The van der Waals surface area contributed by atoms with Crippen molar-refractivity contribution in [2.24, 2.45) is 7.05 Å². The second kappa shape index (κ2) is 4.71. The highest BCUT2D eigenvalue weighted by molar-refractivity contribution is 7.90.